The molecule has 0 spiro atoms. The average Bonchev–Trinajstić information content (AvgIpc) is 2.61. The number of rotatable bonds is 4. The predicted molar refractivity (Wildman–Crippen MR) is 94.7 cm³/mol. The van der Waals surface area contributed by atoms with E-state index in [1.165, 1.54) is 16.7 Å². The van der Waals surface area contributed by atoms with Crippen LogP contribution in [-0.2, 0) is 28.9 Å². The Bertz CT molecular complexity index is 1170. The number of halogens is 4. The molecule has 3 aromatic heterocycles. The van der Waals surface area contributed by atoms with Gasteiger partial charge in [-0.2, -0.15) is 13.2 Å². The molecule has 11 heteroatoms. The topological polar surface area (TPSA) is 82.7 Å². The number of fused-ring (bicyclic) bond motifs is 1. The van der Waals surface area contributed by atoms with Crippen molar-refractivity contribution in [3.63, 3.8) is 0 Å². The zero-order valence-corrected chi connectivity index (χ0v) is 15.5. The van der Waals surface area contributed by atoms with Crippen LogP contribution in [0.5, 0.6) is 0 Å². The van der Waals surface area contributed by atoms with Gasteiger partial charge in [0.25, 0.3) is 11.1 Å². The molecule has 3 aromatic rings. The first-order chi connectivity index (χ1) is 13.1. The van der Waals surface area contributed by atoms with Gasteiger partial charge in [0.05, 0.1) is 11.3 Å². The Morgan fingerprint density at radius 3 is 2.57 bits per heavy atom. The number of hydrogen-bond donors (Lipinski definition) is 0. The Hall–Kier alpha value is -2.95. The number of carbonyl (C=O) groups is 1. The standard InChI is InChI=1S/C17H11BrF3N3O4/c18-11-2-3-13-22-12(5-15(26)24(13)7-11)9-28-16(27)8-23-6-10(17(19,20)21)1-4-14(23)25/h1-7H,8-9H2. The molecule has 28 heavy (non-hydrogen) atoms. The number of alkyl halides is 3. The fraction of sp³-hybridized carbons (Fsp3) is 0.176. The third-order valence-electron chi connectivity index (χ3n) is 3.67. The highest BCUT2D eigenvalue weighted by atomic mass is 79.9. The Balaban J connectivity index is 1.73. The van der Waals surface area contributed by atoms with Crippen molar-refractivity contribution in [2.45, 2.75) is 19.3 Å². The third-order valence-corrected chi connectivity index (χ3v) is 4.14. The summed E-state index contributed by atoms with van der Waals surface area (Å²) in [7, 11) is 0. The summed E-state index contributed by atoms with van der Waals surface area (Å²) in [6.07, 6.45) is -2.58. The summed E-state index contributed by atoms with van der Waals surface area (Å²) >= 11 is 3.23. The number of ether oxygens (including phenoxy) is 1. The molecule has 3 heterocycles. The van der Waals surface area contributed by atoms with Gasteiger partial charge in [0.15, 0.2) is 0 Å². The minimum atomic E-state index is -4.65. The zero-order valence-electron chi connectivity index (χ0n) is 13.9. The van der Waals surface area contributed by atoms with Crippen molar-refractivity contribution in [3.05, 3.63) is 79.2 Å². The SMILES string of the molecule is O=C(Cn1cc(C(F)(F)F)ccc1=O)OCc1cc(=O)n2cc(Br)ccc2n1. The molecular weight excluding hydrogens is 447 g/mol. The molecule has 0 amide bonds. The molecule has 3 rings (SSSR count). The summed E-state index contributed by atoms with van der Waals surface area (Å²) in [6, 6.07) is 5.79. The molecule has 0 aromatic carbocycles. The first-order valence-electron chi connectivity index (χ1n) is 7.74. The van der Waals surface area contributed by atoms with Crippen molar-refractivity contribution in [1.82, 2.24) is 14.0 Å². The van der Waals surface area contributed by atoms with E-state index in [4.69, 9.17) is 4.74 Å². The molecule has 0 saturated heterocycles. The summed E-state index contributed by atoms with van der Waals surface area (Å²) in [5.74, 6) is -0.945. The van der Waals surface area contributed by atoms with Gasteiger partial charge in [0.1, 0.15) is 18.8 Å². The van der Waals surface area contributed by atoms with Crippen LogP contribution >= 0.6 is 15.9 Å². The first kappa shape index (κ1) is 19.8. The van der Waals surface area contributed by atoms with Crippen molar-refractivity contribution >= 4 is 27.5 Å². The van der Waals surface area contributed by atoms with Gasteiger partial charge < -0.3 is 9.30 Å². The lowest BCUT2D eigenvalue weighted by atomic mass is 10.3. The van der Waals surface area contributed by atoms with Crippen LogP contribution in [0.25, 0.3) is 5.65 Å². The first-order valence-corrected chi connectivity index (χ1v) is 8.54. The van der Waals surface area contributed by atoms with Gasteiger partial charge >= 0.3 is 12.1 Å². The number of carbonyl (C=O) groups excluding carboxylic acids is 1. The fourth-order valence-corrected chi connectivity index (χ4v) is 2.70. The molecule has 0 fully saturated rings. The summed E-state index contributed by atoms with van der Waals surface area (Å²) in [5.41, 5.74) is -1.74. The van der Waals surface area contributed by atoms with E-state index in [0.29, 0.717) is 27.0 Å². The van der Waals surface area contributed by atoms with Gasteiger partial charge in [-0.15, -0.1) is 0 Å². The van der Waals surface area contributed by atoms with Gasteiger partial charge in [0.2, 0.25) is 0 Å². The monoisotopic (exact) mass is 457 g/mol. The molecule has 0 atom stereocenters. The van der Waals surface area contributed by atoms with Crippen LogP contribution in [0.2, 0.25) is 0 Å². The quantitative estimate of drug-likeness (QED) is 0.561. The molecule has 0 saturated carbocycles. The molecular formula is C17H11BrF3N3O4. The van der Waals surface area contributed by atoms with Crippen LogP contribution in [0.15, 0.2) is 56.8 Å². The highest BCUT2D eigenvalue weighted by Gasteiger charge is 2.31. The van der Waals surface area contributed by atoms with Gasteiger partial charge in [0, 0.05) is 29.0 Å². The Labute approximate surface area is 163 Å². The zero-order chi connectivity index (χ0) is 20.5. The lowest BCUT2D eigenvalue weighted by Gasteiger charge is -2.10. The van der Waals surface area contributed by atoms with Crippen molar-refractivity contribution in [3.8, 4) is 0 Å². The fourth-order valence-electron chi connectivity index (χ4n) is 2.36. The Kier molecular flexibility index (Phi) is 5.36. The highest BCUT2D eigenvalue weighted by molar-refractivity contribution is 9.10. The van der Waals surface area contributed by atoms with Gasteiger partial charge in [-0.05, 0) is 34.1 Å². The normalized spacial score (nSPS) is 11.6. The highest BCUT2D eigenvalue weighted by Crippen LogP contribution is 2.28. The maximum Gasteiger partial charge on any atom is 0.417 e. The lowest BCUT2D eigenvalue weighted by molar-refractivity contribution is -0.146. The van der Waals surface area contributed by atoms with Crippen molar-refractivity contribution in [2.75, 3.05) is 0 Å². The van der Waals surface area contributed by atoms with Crippen LogP contribution in [0.4, 0.5) is 13.2 Å². The van der Waals surface area contributed by atoms with Crippen molar-refractivity contribution < 1.29 is 22.7 Å². The smallest absolute Gasteiger partial charge is 0.417 e. The minimum Gasteiger partial charge on any atom is -0.458 e. The van der Waals surface area contributed by atoms with Gasteiger partial charge in [-0.25, -0.2) is 4.98 Å². The molecule has 146 valence electrons. The van der Waals surface area contributed by atoms with Crippen LogP contribution in [0.1, 0.15) is 11.3 Å². The van der Waals surface area contributed by atoms with Crippen LogP contribution in [0, 0.1) is 0 Å². The maximum atomic E-state index is 12.7. The number of esters is 1. The lowest BCUT2D eigenvalue weighted by Crippen LogP contribution is -2.26. The van der Waals surface area contributed by atoms with E-state index >= 15 is 0 Å². The molecule has 0 bridgehead atoms. The van der Waals surface area contributed by atoms with Crippen molar-refractivity contribution in [1.29, 1.82) is 0 Å². The number of nitrogens with zero attached hydrogens (tertiary/aromatic N) is 3. The molecule has 0 aliphatic heterocycles. The Morgan fingerprint density at radius 1 is 1.11 bits per heavy atom. The average molecular weight is 458 g/mol. The number of hydrogen-bond acceptors (Lipinski definition) is 5. The summed E-state index contributed by atoms with van der Waals surface area (Å²) in [4.78, 5) is 39.8. The van der Waals surface area contributed by atoms with E-state index in [9.17, 15) is 27.6 Å². The second-order valence-corrected chi connectivity index (χ2v) is 6.62. The number of pyridine rings is 2. The van der Waals surface area contributed by atoms with E-state index in [1.807, 2.05) is 0 Å². The molecule has 0 aliphatic rings. The summed E-state index contributed by atoms with van der Waals surface area (Å²) in [5, 5.41) is 0. The van der Waals surface area contributed by atoms with Crippen molar-refractivity contribution in [2.24, 2.45) is 0 Å². The van der Waals surface area contributed by atoms with Crippen LogP contribution < -0.4 is 11.1 Å². The van der Waals surface area contributed by atoms with E-state index in [-0.39, 0.29) is 12.3 Å². The van der Waals surface area contributed by atoms with E-state index in [1.54, 1.807) is 12.1 Å². The van der Waals surface area contributed by atoms with Crippen LogP contribution in [0.3, 0.4) is 0 Å². The molecule has 0 N–H and O–H groups in total. The van der Waals surface area contributed by atoms with E-state index in [2.05, 4.69) is 20.9 Å². The molecule has 7 nitrogen and oxygen atoms in total. The molecule has 0 unspecified atom stereocenters. The summed E-state index contributed by atoms with van der Waals surface area (Å²) < 4.78 is 45.7. The Morgan fingerprint density at radius 2 is 1.86 bits per heavy atom. The van der Waals surface area contributed by atoms with Gasteiger partial charge in [-0.3, -0.25) is 18.8 Å². The second-order valence-electron chi connectivity index (χ2n) is 5.70. The van der Waals surface area contributed by atoms with Crippen LogP contribution in [-0.4, -0.2) is 19.9 Å². The molecule has 0 radical (unpaired) electrons. The van der Waals surface area contributed by atoms with E-state index in [0.717, 1.165) is 6.07 Å². The minimum absolute atomic E-state index is 0.164. The maximum absolute atomic E-state index is 12.7. The number of aromatic nitrogens is 3. The third kappa shape index (κ3) is 4.47. The molecule has 0 aliphatic carbocycles. The largest absolute Gasteiger partial charge is 0.458 e. The second kappa shape index (κ2) is 7.58. The van der Waals surface area contributed by atoms with E-state index < -0.39 is 35.4 Å². The predicted octanol–water partition coefficient (Wildman–Crippen LogP) is 2.38. The summed E-state index contributed by atoms with van der Waals surface area (Å²) in [6.45, 7) is -1.07. The van der Waals surface area contributed by atoms with Gasteiger partial charge in [-0.1, -0.05) is 0 Å².